The molecular formula is C9H14NO3P. The summed E-state index contributed by atoms with van der Waals surface area (Å²) in [4.78, 5) is 0. The second-order valence-electron chi connectivity index (χ2n) is 2.76. The Labute approximate surface area is 83.6 Å². The number of hydrogen-bond donors (Lipinski definition) is 1. The maximum absolute atomic E-state index is 11.9. The molecular weight excluding hydrogens is 201 g/mol. The molecule has 1 aromatic rings. The Morgan fingerprint density at radius 1 is 1.21 bits per heavy atom. The van der Waals surface area contributed by atoms with E-state index < -0.39 is 13.4 Å². The summed E-state index contributed by atoms with van der Waals surface area (Å²) in [5.74, 6) is -0.737. The SMILES string of the molecule is COP(=O)(OC)[C@H](N)c1ccccc1. The number of benzene rings is 1. The quantitative estimate of drug-likeness (QED) is 0.781. The van der Waals surface area contributed by atoms with E-state index in [4.69, 9.17) is 14.8 Å². The fourth-order valence-electron chi connectivity index (χ4n) is 1.13. The van der Waals surface area contributed by atoms with Crippen molar-refractivity contribution in [1.29, 1.82) is 0 Å². The molecule has 0 bridgehead atoms. The lowest BCUT2D eigenvalue weighted by atomic mass is 10.2. The van der Waals surface area contributed by atoms with Crippen LogP contribution in [0, 0.1) is 0 Å². The molecule has 1 atom stereocenters. The van der Waals surface area contributed by atoms with Crippen LogP contribution in [-0.2, 0) is 13.6 Å². The van der Waals surface area contributed by atoms with Crippen molar-refractivity contribution in [2.45, 2.75) is 5.78 Å². The fourth-order valence-corrected chi connectivity index (χ4v) is 2.28. The zero-order valence-corrected chi connectivity index (χ0v) is 9.11. The Kier molecular flexibility index (Phi) is 3.84. The van der Waals surface area contributed by atoms with E-state index in [-0.39, 0.29) is 0 Å². The summed E-state index contributed by atoms with van der Waals surface area (Å²) < 4.78 is 21.5. The first kappa shape index (κ1) is 11.4. The van der Waals surface area contributed by atoms with E-state index >= 15 is 0 Å². The van der Waals surface area contributed by atoms with Crippen molar-refractivity contribution in [2.75, 3.05) is 14.2 Å². The van der Waals surface area contributed by atoms with Crippen LogP contribution in [0.4, 0.5) is 0 Å². The molecule has 0 amide bonds. The van der Waals surface area contributed by atoms with Gasteiger partial charge in [0.2, 0.25) is 0 Å². The molecule has 1 rings (SSSR count). The van der Waals surface area contributed by atoms with Gasteiger partial charge in [-0.3, -0.25) is 4.57 Å². The van der Waals surface area contributed by atoms with Gasteiger partial charge in [0.1, 0.15) is 5.78 Å². The second kappa shape index (κ2) is 4.71. The van der Waals surface area contributed by atoms with Gasteiger partial charge in [0.15, 0.2) is 0 Å². The molecule has 14 heavy (non-hydrogen) atoms. The third kappa shape index (κ3) is 2.22. The Morgan fingerprint density at radius 2 is 1.71 bits per heavy atom. The largest absolute Gasteiger partial charge is 0.351 e. The first-order chi connectivity index (χ1) is 6.64. The summed E-state index contributed by atoms with van der Waals surface area (Å²) >= 11 is 0. The number of nitrogens with two attached hydrogens (primary N) is 1. The third-order valence-corrected chi connectivity index (χ3v) is 3.99. The second-order valence-corrected chi connectivity index (χ2v) is 5.13. The summed E-state index contributed by atoms with van der Waals surface area (Å²) in [6.07, 6.45) is 0. The molecule has 0 aliphatic heterocycles. The van der Waals surface area contributed by atoms with Crippen molar-refractivity contribution in [3.63, 3.8) is 0 Å². The molecule has 0 saturated heterocycles. The topological polar surface area (TPSA) is 61.5 Å². The van der Waals surface area contributed by atoms with Crippen LogP contribution < -0.4 is 5.73 Å². The molecule has 1 aromatic carbocycles. The normalized spacial score (nSPS) is 13.9. The minimum atomic E-state index is -3.22. The fraction of sp³-hybridized carbons (Fsp3) is 0.333. The van der Waals surface area contributed by atoms with Crippen LogP contribution in [0.3, 0.4) is 0 Å². The van der Waals surface area contributed by atoms with Crippen LogP contribution in [0.1, 0.15) is 11.3 Å². The predicted octanol–water partition coefficient (Wildman–Crippen LogP) is 2.13. The summed E-state index contributed by atoms with van der Waals surface area (Å²) in [6.45, 7) is 0. The summed E-state index contributed by atoms with van der Waals surface area (Å²) in [6, 6.07) is 9.08. The van der Waals surface area contributed by atoms with E-state index in [1.54, 1.807) is 12.1 Å². The van der Waals surface area contributed by atoms with Crippen LogP contribution in [0.2, 0.25) is 0 Å². The maximum atomic E-state index is 11.9. The van der Waals surface area contributed by atoms with Gasteiger partial charge in [-0.1, -0.05) is 30.3 Å². The van der Waals surface area contributed by atoms with Crippen LogP contribution in [0.25, 0.3) is 0 Å². The molecule has 4 nitrogen and oxygen atoms in total. The van der Waals surface area contributed by atoms with Gasteiger partial charge in [0.05, 0.1) is 0 Å². The molecule has 0 spiro atoms. The molecule has 0 aliphatic rings. The standard InChI is InChI=1S/C9H14NO3P/c1-12-14(11,13-2)9(10)8-6-4-3-5-7-8/h3-7,9H,10H2,1-2H3/t9-/m0/s1. The highest BCUT2D eigenvalue weighted by atomic mass is 31.2. The molecule has 0 aliphatic carbocycles. The lowest BCUT2D eigenvalue weighted by Gasteiger charge is -2.20. The lowest BCUT2D eigenvalue weighted by molar-refractivity contribution is 0.266. The van der Waals surface area contributed by atoms with Crippen LogP contribution in [0.15, 0.2) is 30.3 Å². The molecule has 0 aromatic heterocycles. The highest BCUT2D eigenvalue weighted by Crippen LogP contribution is 2.56. The summed E-state index contributed by atoms with van der Waals surface area (Å²) in [5, 5.41) is 0. The summed E-state index contributed by atoms with van der Waals surface area (Å²) in [5.41, 5.74) is 6.52. The zero-order valence-electron chi connectivity index (χ0n) is 8.21. The minimum Gasteiger partial charge on any atom is -0.314 e. The van der Waals surface area contributed by atoms with E-state index in [9.17, 15) is 4.57 Å². The average molecular weight is 215 g/mol. The zero-order chi connectivity index (χ0) is 10.6. The maximum Gasteiger partial charge on any atom is 0.351 e. The van der Waals surface area contributed by atoms with E-state index in [0.29, 0.717) is 0 Å². The van der Waals surface area contributed by atoms with Crippen molar-refractivity contribution in [3.8, 4) is 0 Å². The summed E-state index contributed by atoms with van der Waals surface area (Å²) in [7, 11) is -0.563. The number of rotatable bonds is 4. The highest BCUT2D eigenvalue weighted by Gasteiger charge is 2.31. The van der Waals surface area contributed by atoms with E-state index in [1.165, 1.54) is 14.2 Å². The highest BCUT2D eigenvalue weighted by molar-refractivity contribution is 7.54. The van der Waals surface area contributed by atoms with Crippen molar-refractivity contribution >= 4 is 7.60 Å². The van der Waals surface area contributed by atoms with Crippen molar-refractivity contribution in [3.05, 3.63) is 35.9 Å². The molecule has 0 unspecified atom stereocenters. The van der Waals surface area contributed by atoms with E-state index in [1.807, 2.05) is 18.2 Å². The Morgan fingerprint density at radius 3 is 2.14 bits per heavy atom. The Balaban J connectivity index is 2.95. The lowest BCUT2D eigenvalue weighted by Crippen LogP contribution is -2.12. The average Bonchev–Trinajstić information content (AvgIpc) is 2.28. The van der Waals surface area contributed by atoms with E-state index in [0.717, 1.165) is 5.56 Å². The van der Waals surface area contributed by atoms with Crippen molar-refractivity contribution in [2.24, 2.45) is 5.73 Å². The first-order valence-electron chi connectivity index (χ1n) is 4.16. The predicted molar refractivity (Wildman–Crippen MR) is 55.0 cm³/mol. The Hall–Kier alpha value is -0.670. The van der Waals surface area contributed by atoms with Gasteiger partial charge in [0.25, 0.3) is 0 Å². The van der Waals surface area contributed by atoms with Gasteiger partial charge in [0, 0.05) is 14.2 Å². The van der Waals surface area contributed by atoms with Gasteiger partial charge in [-0.2, -0.15) is 0 Å². The minimum absolute atomic E-state index is 0.736. The molecule has 0 saturated carbocycles. The molecule has 0 heterocycles. The molecule has 2 N–H and O–H groups in total. The van der Waals surface area contributed by atoms with Crippen LogP contribution in [0.5, 0.6) is 0 Å². The van der Waals surface area contributed by atoms with Crippen molar-refractivity contribution < 1.29 is 13.6 Å². The van der Waals surface area contributed by atoms with Gasteiger partial charge in [-0.05, 0) is 5.56 Å². The molecule has 0 fully saturated rings. The molecule has 0 radical (unpaired) electrons. The molecule has 78 valence electrons. The van der Waals surface area contributed by atoms with Crippen LogP contribution >= 0.6 is 7.60 Å². The number of hydrogen-bond acceptors (Lipinski definition) is 4. The third-order valence-electron chi connectivity index (χ3n) is 1.99. The Bertz CT molecular complexity index is 320. The smallest absolute Gasteiger partial charge is 0.314 e. The van der Waals surface area contributed by atoms with Crippen molar-refractivity contribution in [1.82, 2.24) is 0 Å². The van der Waals surface area contributed by atoms with Gasteiger partial charge >= 0.3 is 7.60 Å². The van der Waals surface area contributed by atoms with Gasteiger partial charge in [-0.25, -0.2) is 0 Å². The van der Waals surface area contributed by atoms with Crippen LogP contribution in [-0.4, -0.2) is 14.2 Å². The van der Waals surface area contributed by atoms with Gasteiger partial charge in [-0.15, -0.1) is 0 Å². The monoisotopic (exact) mass is 215 g/mol. The molecule has 5 heteroatoms. The first-order valence-corrected chi connectivity index (χ1v) is 5.77. The van der Waals surface area contributed by atoms with Gasteiger partial charge < -0.3 is 14.8 Å². The van der Waals surface area contributed by atoms with E-state index in [2.05, 4.69) is 0 Å².